The van der Waals surface area contributed by atoms with Crippen LogP contribution < -0.4 is 5.32 Å². The molecule has 0 radical (unpaired) electrons. The molecule has 1 aromatic rings. The quantitative estimate of drug-likeness (QED) is 0.688. The van der Waals surface area contributed by atoms with Gasteiger partial charge in [-0.2, -0.15) is 8.78 Å². The summed E-state index contributed by atoms with van der Waals surface area (Å²) in [7, 11) is 0. The molecule has 0 saturated carbocycles. The van der Waals surface area contributed by atoms with Crippen molar-refractivity contribution in [2.75, 3.05) is 5.32 Å². The van der Waals surface area contributed by atoms with Crippen LogP contribution in [0.15, 0.2) is 22.7 Å². The number of nitro groups is 1. The van der Waals surface area contributed by atoms with Crippen LogP contribution in [0, 0.1) is 10.1 Å². The molecular weight excluding hydrogens is 290 g/mol. The van der Waals surface area contributed by atoms with Crippen LogP contribution in [0.1, 0.15) is 0 Å². The van der Waals surface area contributed by atoms with Crippen LogP contribution in [-0.4, -0.2) is 17.3 Å². The predicted octanol–water partition coefficient (Wildman–Crippen LogP) is 2.56. The lowest BCUT2D eigenvalue weighted by Crippen LogP contribution is -2.20. The van der Waals surface area contributed by atoms with Gasteiger partial charge in [-0.25, -0.2) is 0 Å². The molecule has 1 N–H and O–H groups in total. The Labute approximate surface area is 96.7 Å². The van der Waals surface area contributed by atoms with Gasteiger partial charge in [0, 0.05) is 16.6 Å². The van der Waals surface area contributed by atoms with Gasteiger partial charge in [0.15, 0.2) is 0 Å². The molecule has 0 aromatic heterocycles. The van der Waals surface area contributed by atoms with Crippen LogP contribution >= 0.6 is 15.9 Å². The van der Waals surface area contributed by atoms with E-state index < -0.39 is 17.3 Å². The molecule has 0 unspecified atom stereocenters. The van der Waals surface area contributed by atoms with E-state index in [0.717, 1.165) is 6.07 Å². The van der Waals surface area contributed by atoms with E-state index in [-0.39, 0.29) is 15.8 Å². The second kappa shape index (κ2) is 4.97. The van der Waals surface area contributed by atoms with Crippen molar-refractivity contribution in [3.63, 3.8) is 0 Å². The van der Waals surface area contributed by atoms with Crippen molar-refractivity contribution in [3.8, 4) is 0 Å². The summed E-state index contributed by atoms with van der Waals surface area (Å²) in [5, 5.41) is 12.3. The van der Waals surface area contributed by atoms with Crippen LogP contribution in [0.5, 0.6) is 0 Å². The van der Waals surface area contributed by atoms with Crippen molar-refractivity contribution in [2.24, 2.45) is 0 Å². The lowest BCUT2D eigenvalue weighted by Gasteiger charge is -2.06. The zero-order valence-electron chi connectivity index (χ0n) is 7.62. The Hall–Kier alpha value is -1.57. The highest BCUT2D eigenvalue weighted by molar-refractivity contribution is 9.10. The lowest BCUT2D eigenvalue weighted by atomic mass is 10.3. The number of non-ortho nitro benzene ring substituents is 1. The molecule has 0 atom stereocenters. The Morgan fingerprint density at radius 1 is 1.50 bits per heavy atom. The fourth-order valence-electron chi connectivity index (χ4n) is 0.910. The Balaban J connectivity index is 2.99. The third-order valence-corrected chi connectivity index (χ3v) is 2.31. The summed E-state index contributed by atoms with van der Waals surface area (Å²) in [6.45, 7) is 0. The molecule has 0 aliphatic carbocycles. The minimum absolute atomic E-state index is 0.0699. The number of rotatable bonds is 3. The van der Waals surface area contributed by atoms with E-state index in [1.165, 1.54) is 12.1 Å². The third-order valence-electron chi connectivity index (χ3n) is 1.62. The average Bonchev–Trinajstić information content (AvgIpc) is 2.20. The number of nitrogens with zero attached hydrogens (tertiary/aromatic N) is 1. The van der Waals surface area contributed by atoms with Gasteiger partial charge >= 0.3 is 6.43 Å². The first-order chi connectivity index (χ1) is 7.41. The molecule has 8 heteroatoms. The van der Waals surface area contributed by atoms with Gasteiger partial charge in [-0.3, -0.25) is 14.9 Å². The Morgan fingerprint density at radius 2 is 2.12 bits per heavy atom. The summed E-state index contributed by atoms with van der Waals surface area (Å²) in [4.78, 5) is 20.4. The number of halogens is 3. The maximum atomic E-state index is 11.9. The van der Waals surface area contributed by atoms with Crippen molar-refractivity contribution < 1.29 is 18.5 Å². The predicted molar refractivity (Wildman–Crippen MR) is 55.4 cm³/mol. The van der Waals surface area contributed by atoms with Crippen molar-refractivity contribution in [1.29, 1.82) is 0 Å². The summed E-state index contributed by atoms with van der Waals surface area (Å²) < 4.78 is 24.2. The van der Waals surface area contributed by atoms with E-state index in [1.54, 1.807) is 0 Å². The molecule has 0 heterocycles. The Morgan fingerprint density at radius 3 is 2.62 bits per heavy atom. The second-order valence-corrected chi connectivity index (χ2v) is 3.57. The van der Waals surface area contributed by atoms with Gasteiger partial charge in [0.1, 0.15) is 0 Å². The summed E-state index contributed by atoms with van der Waals surface area (Å²) >= 11 is 2.97. The molecule has 0 aliphatic heterocycles. The van der Waals surface area contributed by atoms with E-state index in [1.807, 2.05) is 5.32 Å². The largest absolute Gasteiger partial charge is 0.320 e. The monoisotopic (exact) mass is 294 g/mol. The number of hydrogen-bond acceptors (Lipinski definition) is 3. The standard InChI is InChI=1S/C8H5BrF2N2O3/c9-5-2-1-4(13(15)16)3-6(5)12-8(14)7(10)11/h1-3,7H,(H,12,14). The maximum absolute atomic E-state index is 11.9. The number of amides is 1. The fraction of sp³-hybridized carbons (Fsp3) is 0.125. The lowest BCUT2D eigenvalue weighted by molar-refractivity contribution is -0.384. The van der Waals surface area contributed by atoms with Gasteiger partial charge in [-0.15, -0.1) is 0 Å². The topological polar surface area (TPSA) is 72.2 Å². The molecule has 1 rings (SSSR count). The van der Waals surface area contributed by atoms with Crippen LogP contribution in [0.2, 0.25) is 0 Å². The molecule has 86 valence electrons. The van der Waals surface area contributed by atoms with E-state index in [0.29, 0.717) is 0 Å². The zero-order valence-corrected chi connectivity index (χ0v) is 9.20. The maximum Gasteiger partial charge on any atom is 0.315 e. The number of hydrogen-bond donors (Lipinski definition) is 1. The van der Waals surface area contributed by atoms with Gasteiger partial charge in [0.05, 0.1) is 10.6 Å². The number of nitrogens with one attached hydrogen (secondary N) is 1. The summed E-state index contributed by atoms with van der Waals surface area (Å²) in [6.07, 6.45) is -3.17. The Kier molecular flexibility index (Phi) is 3.88. The van der Waals surface area contributed by atoms with Crippen LogP contribution in [0.25, 0.3) is 0 Å². The van der Waals surface area contributed by atoms with Gasteiger partial charge in [-0.1, -0.05) is 0 Å². The summed E-state index contributed by atoms with van der Waals surface area (Å²) in [6, 6.07) is 3.46. The normalized spacial score (nSPS) is 10.2. The highest BCUT2D eigenvalue weighted by atomic mass is 79.9. The third kappa shape index (κ3) is 2.96. The number of carbonyl (C=O) groups excluding carboxylic acids is 1. The van der Waals surface area contributed by atoms with Gasteiger partial charge in [0.25, 0.3) is 11.6 Å². The number of alkyl halides is 2. The first-order valence-corrected chi connectivity index (χ1v) is 4.74. The zero-order chi connectivity index (χ0) is 12.3. The number of nitro benzene ring substituents is 1. The van der Waals surface area contributed by atoms with Gasteiger partial charge in [-0.05, 0) is 22.0 Å². The molecule has 1 aromatic carbocycles. The first-order valence-electron chi connectivity index (χ1n) is 3.95. The summed E-state index contributed by atoms with van der Waals surface area (Å²) in [5.74, 6) is -1.51. The summed E-state index contributed by atoms with van der Waals surface area (Å²) in [5.41, 5.74) is -0.368. The van der Waals surface area contributed by atoms with Crippen molar-refractivity contribution in [2.45, 2.75) is 6.43 Å². The molecule has 0 fully saturated rings. The number of benzene rings is 1. The molecule has 0 saturated heterocycles. The van der Waals surface area contributed by atoms with Gasteiger partial charge < -0.3 is 5.32 Å². The van der Waals surface area contributed by atoms with Crippen LogP contribution in [0.3, 0.4) is 0 Å². The minimum atomic E-state index is -3.17. The Bertz CT molecular complexity index is 439. The van der Waals surface area contributed by atoms with E-state index in [4.69, 9.17) is 0 Å². The molecule has 0 aliphatic rings. The van der Waals surface area contributed by atoms with Crippen molar-refractivity contribution in [1.82, 2.24) is 0 Å². The SMILES string of the molecule is O=C(Nc1cc([N+](=O)[O-])ccc1Br)C(F)F. The molecule has 16 heavy (non-hydrogen) atoms. The smallest absolute Gasteiger partial charge is 0.315 e. The van der Waals surface area contributed by atoms with E-state index in [9.17, 15) is 23.7 Å². The van der Waals surface area contributed by atoms with Gasteiger partial charge in [0.2, 0.25) is 0 Å². The van der Waals surface area contributed by atoms with E-state index in [2.05, 4.69) is 15.9 Å². The molecule has 0 bridgehead atoms. The minimum Gasteiger partial charge on any atom is -0.320 e. The average molecular weight is 295 g/mol. The number of carbonyl (C=O) groups is 1. The highest BCUT2D eigenvalue weighted by Crippen LogP contribution is 2.27. The molecule has 1 amide bonds. The van der Waals surface area contributed by atoms with Crippen LogP contribution in [0.4, 0.5) is 20.2 Å². The molecular formula is C8H5BrF2N2O3. The van der Waals surface area contributed by atoms with Crippen molar-refractivity contribution in [3.05, 3.63) is 32.8 Å². The highest BCUT2D eigenvalue weighted by Gasteiger charge is 2.18. The fourth-order valence-corrected chi connectivity index (χ4v) is 1.26. The van der Waals surface area contributed by atoms with Crippen LogP contribution in [-0.2, 0) is 4.79 Å². The number of anilines is 1. The van der Waals surface area contributed by atoms with E-state index >= 15 is 0 Å². The first kappa shape index (κ1) is 12.5. The van der Waals surface area contributed by atoms with Crippen molar-refractivity contribution >= 4 is 33.2 Å². The molecule has 0 spiro atoms. The second-order valence-electron chi connectivity index (χ2n) is 2.71. The molecule has 5 nitrogen and oxygen atoms in total.